The van der Waals surface area contributed by atoms with E-state index in [9.17, 15) is 9.59 Å². The number of nitrogens with zero attached hydrogens (tertiary/aromatic N) is 2. The Morgan fingerprint density at radius 1 is 1.35 bits per heavy atom. The first-order valence-electron chi connectivity index (χ1n) is 8.88. The van der Waals surface area contributed by atoms with Crippen LogP contribution in [0.25, 0.3) is 0 Å². The van der Waals surface area contributed by atoms with Gasteiger partial charge in [-0.2, -0.15) is 0 Å². The Bertz CT molecular complexity index is 912. The average Bonchev–Trinajstić information content (AvgIpc) is 3.13. The fourth-order valence-corrected chi connectivity index (χ4v) is 4.39. The van der Waals surface area contributed by atoms with Gasteiger partial charge in [-0.25, -0.2) is 0 Å². The molecule has 1 aromatic heterocycles. The topological polar surface area (TPSA) is 62.3 Å². The van der Waals surface area contributed by atoms with E-state index in [0.29, 0.717) is 10.6 Å². The molecule has 2 amide bonds. The number of amides is 2. The molecule has 0 saturated heterocycles. The lowest BCUT2D eigenvalue weighted by Crippen LogP contribution is -2.29. The van der Waals surface area contributed by atoms with Gasteiger partial charge in [0.05, 0.1) is 24.0 Å². The van der Waals surface area contributed by atoms with Crippen LogP contribution in [0.3, 0.4) is 0 Å². The van der Waals surface area contributed by atoms with Gasteiger partial charge in [0.1, 0.15) is 0 Å². The highest BCUT2D eigenvalue weighted by atomic mass is 35.5. The normalized spacial score (nSPS) is 20.9. The maximum absolute atomic E-state index is 13.1. The smallest absolute Gasteiger partial charge is 0.259 e. The molecule has 0 unspecified atom stereocenters. The SMILES string of the molecule is CC[C@H]1c2cc(Cl)ccc2C(=O)N1c1cncc2c1CC[C@H]2NC(C)=O. The van der Waals surface area contributed by atoms with Crippen LogP contribution >= 0.6 is 11.6 Å². The maximum Gasteiger partial charge on any atom is 0.259 e. The molecule has 0 saturated carbocycles. The Morgan fingerprint density at radius 3 is 2.88 bits per heavy atom. The molecule has 1 aliphatic heterocycles. The van der Waals surface area contributed by atoms with E-state index < -0.39 is 0 Å². The minimum absolute atomic E-state index is 0.0123. The number of pyridine rings is 1. The summed E-state index contributed by atoms with van der Waals surface area (Å²) in [6.07, 6.45) is 6.00. The lowest BCUT2D eigenvalue weighted by atomic mass is 10.0. The molecule has 1 aliphatic carbocycles. The van der Waals surface area contributed by atoms with Gasteiger partial charge in [-0.3, -0.25) is 19.5 Å². The molecule has 0 radical (unpaired) electrons. The first-order chi connectivity index (χ1) is 12.5. The summed E-state index contributed by atoms with van der Waals surface area (Å²) in [7, 11) is 0. The van der Waals surface area contributed by atoms with Gasteiger partial charge in [-0.1, -0.05) is 18.5 Å². The van der Waals surface area contributed by atoms with Crippen molar-refractivity contribution >= 4 is 29.1 Å². The summed E-state index contributed by atoms with van der Waals surface area (Å²) in [6, 6.07) is 5.36. The van der Waals surface area contributed by atoms with E-state index in [4.69, 9.17) is 11.6 Å². The molecular formula is C20H20ClN3O2. The van der Waals surface area contributed by atoms with Crippen LogP contribution in [0.15, 0.2) is 30.6 Å². The number of fused-ring (bicyclic) bond motifs is 2. The van der Waals surface area contributed by atoms with Crippen LogP contribution in [0.2, 0.25) is 5.02 Å². The number of halogens is 1. The number of hydrogen-bond acceptors (Lipinski definition) is 3. The number of carbonyl (C=O) groups excluding carboxylic acids is 2. The fraction of sp³-hybridized carbons (Fsp3) is 0.350. The van der Waals surface area contributed by atoms with Crippen LogP contribution in [0, 0.1) is 0 Å². The third kappa shape index (κ3) is 2.58. The Kier molecular flexibility index (Phi) is 4.19. The summed E-state index contributed by atoms with van der Waals surface area (Å²) in [5.74, 6) is -0.0688. The van der Waals surface area contributed by atoms with Crippen molar-refractivity contribution in [2.45, 2.75) is 45.2 Å². The van der Waals surface area contributed by atoms with Crippen molar-refractivity contribution in [3.05, 3.63) is 57.9 Å². The third-order valence-electron chi connectivity index (χ3n) is 5.28. The molecule has 6 heteroatoms. The predicted octanol–water partition coefficient (Wildman–Crippen LogP) is 3.97. The number of nitrogens with one attached hydrogen (secondary N) is 1. The fourth-order valence-electron chi connectivity index (χ4n) is 4.21. The second-order valence-electron chi connectivity index (χ2n) is 6.85. The lowest BCUT2D eigenvalue weighted by molar-refractivity contribution is -0.119. The van der Waals surface area contributed by atoms with Crippen molar-refractivity contribution in [1.29, 1.82) is 0 Å². The first-order valence-corrected chi connectivity index (χ1v) is 9.26. The third-order valence-corrected chi connectivity index (χ3v) is 5.52. The summed E-state index contributed by atoms with van der Waals surface area (Å²) in [5, 5.41) is 3.61. The largest absolute Gasteiger partial charge is 0.349 e. The van der Waals surface area contributed by atoms with Crippen molar-refractivity contribution in [3.8, 4) is 0 Å². The summed E-state index contributed by atoms with van der Waals surface area (Å²) < 4.78 is 0. The van der Waals surface area contributed by atoms with Gasteiger partial charge in [0.15, 0.2) is 0 Å². The van der Waals surface area contributed by atoms with E-state index in [1.165, 1.54) is 6.92 Å². The Hall–Kier alpha value is -2.40. The highest BCUT2D eigenvalue weighted by Crippen LogP contribution is 2.44. The zero-order valence-electron chi connectivity index (χ0n) is 14.8. The molecule has 134 valence electrons. The quantitative estimate of drug-likeness (QED) is 0.890. The van der Waals surface area contributed by atoms with Gasteiger partial charge in [-0.15, -0.1) is 0 Å². The monoisotopic (exact) mass is 369 g/mol. The average molecular weight is 370 g/mol. The number of benzene rings is 1. The predicted molar refractivity (Wildman–Crippen MR) is 100 cm³/mol. The van der Waals surface area contributed by atoms with Gasteiger partial charge in [-0.05, 0) is 54.2 Å². The van der Waals surface area contributed by atoms with E-state index >= 15 is 0 Å². The van der Waals surface area contributed by atoms with Gasteiger partial charge in [0.2, 0.25) is 5.91 Å². The number of carbonyl (C=O) groups is 2. The summed E-state index contributed by atoms with van der Waals surface area (Å²) in [5.41, 5.74) is 4.63. The second-order valence-corrected chi connectivity index (χ2v) is 7.29. The van der Waals surface area contributed by atoms with Crippen LogP contribution in [0.1, 0.15) is 65.8 Å². The zero-order chi connectivity index (χ0) is 18.4. The maximum atomic E-state index is 13.1. The molecule has 1 aromatic carbocycles. The number of aromatic nitrogens is 1. The number of anilines is 1. The molecule has 2 heterocycles. The molecule has 5 nitrogen and oxygen atoms in total. The van der Waals surface area contributed by atoms with Crippen LogP contribution in [-0.4, -0.2) is 16.8 Å². The number of rotatable bonds is 3. The van der Waals surface area contributed by atoms with Crippen molar-refractivity contribution in [2.75, 3.05) is 4.90 Å². The first kappa shape index (κ1) is 17.0. The van der Waals surface area contributed by atoms with Gasteiger partial charge >= 0.3 is 0 Å². The second kappa shape index (κ2) is 6.40. The van der Waals surface area contributed by atoms with Gasteiger partial charge in [0.25, 0.3) is 5.91 Å². The van der Waals surface area contributed by atoms with Crippen LogP contribution < -0.4 is 10.2 Å². The highest BCUT2D eigenvalue weighted by Gasteiger charge is 2.39. The van der Waals surface area contributed by atoms with E-state index in [1.54, 1.807) is 24.5 Å². The van der Waals surface area contributed by atoms with Crippen LogP contribution in [0.4, 0.5) is 5.69 Å². The van der Waals surface area contributed by atoms with Crippen LogP contribution in [-0.2, 0) is 11.2 Å². The number of hydrogen-bond donors (Lipinski definition) is 1. The van der Waals surface area contributed by atoms with E-state index in [1.807, 2.05) is 11.0 Å². The van der Waals surface area contributed by atoms with Crippen molar-refractivity contribution in [2.24, 2.45) is 0 Å². The van der Waals surface area contributed by atoms with Crippen molar-refractivity contribution in [3.63, 3.8) is 0 Å². The Labute approximate surface area is 157 Å². The summed E-state index contributed by atoms with van der Waals surface area (Å²) in [6.45, 7) is 3.59. The summed E-state index contributed by atoms with van der Waals surface area (Å²) in [4.78, 5) is 30.8. The van der Waals surface area contributed by atoms with Crippen LogP contribution in [0.5, 0.6) is 0 Å². The standard InChI is InChI=1S/C20H20ClN3O2/c1-3-18-15-8-12(21)4-5-14(15)20(26)24(18)19-10-22-9-16-13(19)6-7-17(16)23-11(2)25/h4-5,8-10,17-18H,3,6-7H2,1-2H3,(H,23,25)/t17-,18+/m1/s1. The molecule has 4 rings (SSSR count). The molecule has 2 aliphatic rings. The molecule has 1 N–H and O–H groups in total. The van der Waals surface area contributed by atoms with Gasteiger partial charge in [0, 0.05) is 23.7 Å². The zero-order valence-corrected chi connectivity index (χ0v) is 15.5. The molecule has 2 atom stereocenters. The molecule has 0 spiro atoms. The van der Waals surface area contributed by atoms with E-state index in [-0.39, 0.29) is 23.9 Å². The minimum Gasteiger partial charge on any atom is -0.349 e. The summed E-state index contributed by atoms with van der Waals surface area (Å²) >= 11 is 6.17. The van der Waals surface area contributed by atoms with Gasteiger partial charge < -0.3 is 5.32 Å². The van der Waals surface area contributed by atoms with E-state index in [0.717, 1.165) is 41.6 Å². The van der Waals surface area contributed by atoms with E-state index in [2.05, 4.69) is 17.2 Å². The Morgan fingerprint density at radius 2 is 2.15 bits per heavy atom. The molecule has 0 fully saturated rings. The Balaban J connectivity index is 1.79. The molecule has 2 aromatic rings. The minimum atomic E-state index is -0.0565. The van der Waals surface area contributed by atoms with Crippen molar-refractivity contribution < 1.29 is 9.59 Å². The lowest BCUT2D eigenvalue weighted by Gasteiger charge is -2.26. The molecular weight excluding hydrogens is 350 g/mol. The van der Waals surface area contributed by atoms with Crippen molar-refractivity contribution in [1.82, 2.24) is 10.3 Å². The molecule has 0 bridgehead atoms. The molecule has 26 heavy (non-hydrogen) atoms. The highest BCUT2D eigenvalue weighted by molar-refractivity contribution is 6.31.